The van der Waals surface area contributed by atoms with Gasteiger partial charge in [-0.2, -0.15) is 4.98 Å². The molecule has 106 valence electrons. The van der Waals surface area contributed by atoms with Gasteiger partial charge in [0.1, 0.15) is 5.02 Å². The molecule has 0 aromatic carbocycles. The molecular weight excluding hydrogens is 262 g/mol. The third kappa shape index (κ3) is 3.48. The number of nitrogens with two attached hydrogens (primary N) is 1. The highest BCUT2D eigenvalue weighted by Gasteiger charge is 2.28. The zero-order valence-electron chi connectivity index (χ0n) is 11.5. The number of rotatable bonds is 4. The van der Waals surface area contributed by atoms with E-state index in [2.05, 4.69) is 34.6 Å². The third-order valence-electron chi connectivity index (χ3n) is 3.87. The molecule has 1 aliphatic carbocycles. The SMILES string of the molecule is CC(C)C1CCCCC1Nc1nc(NN)ncc1Cl. The van der Waals surface area contributed by atoms with Crippen molar-refractivity contribution in [1.29, 1.82) is 0 Å². The monoisotopic (exact) mass is 283 g/mol. The summed E-state index contributed by atoms with van der Waals surface area (Å²) in [6.07, 6.45) is 6.56. The summed E-state index contributed by atoms with van der Waals surface area (Å²) in [5, 5.41) is 4.01. The first-order chi connectivity index (χ1) is 9.11. The second-order valence-electron chi connectivity index (χ2n) is 5.48. The molecule has 0 spiro atoms. The second kappa shape index (κ2) is 6.39. The van der Waals surface area contributed by atoms with Crippen LogP contribution >= 0.6 is 11.6 Å². The summed E-state index contributed by atoms with van der Waals surface area (Å²) in [5.41, 5.74) is 2.44. The van der Waals surface area contributed by atoms with Crippen LogP contribution in [0.25, 0.3) is 0 Å². The van der Waals surface area contributed by atoms with E-state index in [4.69, 9.17) is 17.4 Å². The predicted octanol–water partition coefficient (Wildman–Crippen LogP) is 3.04. The highest BCUT2D eigenvalue weighted by Crippen LogP contribution is 2.33. The molecule has 5 nitrogen and oxygen atoms in total. The fraction of sp³-hybridized carbons (Fsp3) is 0.692. The van der Waals surface area contributed by atoms with Crippen molar-refractivity contribution < 1.29 is 0 Å². The lowest BCUT2D eigenvalue weighted by molar-refractivity contribution is 0.253. The van der Waals surface area contributed by atoms with Crippen LogP contribution in [0.5, 0.6) is 0 Å². The topological polar surface area (TPSA) is 75.9 Å². The number of aromatic nitrogens is 2. The van der Waals surface area contributed by atoms with Gasteiger partial charge in [-0.25, -0.2) is 10.8 Å². The Morgan fingerprint density at radius 2 is 2.11 bits per heavy atom. The van der Waals surface area contributed by atoms with Crippen molar-refractivity contribution >= 4 is 23.4 Å². The maximum absolute atomic E-state index is 6.14. The first-order valence-electron chi connectivity index (χ1n) is 6.87. The predicted molar refractivity (Wildman–Crippen MR) is 79.1 cm³/mol. The molecule has 2 atom stereocenters. The van der Waals surface area contributed by atoms with Gasteiger partial charge >= 0.3 is 0 Å². The highest BCUT2D eigenvalue weighted by molar-refractivity contribution is 6.32. The minimum atomic E-state index is 0.379. The molecule has 6 heteroatoms. The van der Waals surface area contributed by atoms with Crippen LogP contribution in [-0.4, -0.2) is 16.0 Å². The van der Waals surface area contributed by atoms with E-state index in [1.165, 1.54) is 19.3 Å². The van der Waals surface area contributed by atoms with Crippen LogP contribution in [0.4, 0.5) is 11.8 Å². The first kappa shape index (κ1) is 14.3. The Morgan fingerprint density at radius 3 is 2.79 bits per heavy atom. The van der Waals surface area contributed by atoms with Crippen molar-refractivity contribution in [2.75, 3.05) is 10.7 Å². The average Bonchev–Trinajstić information content (AvgIpc) is 2.41. The Hall–Kier alpha value is -1.07. The summed E-state index contributed by atoms with van der Waals surface area (Å²) in [4.78, 5) is 8.27. The Bertz CT molecular complexity index is 423. The molecule has 1 aliphatic rings. The van der Waals surface area contributed by atoms with Gasteiger partial charge in [0.15, 0.2) is 5.82 Å². The van der Waals surface area contributed by atoms with E-state index in [-0.39, 0.29) is 0 Å². The van der Waals surface area contributed by atoms with Crippen LogP contribution in [0.3, 0.4) is 0 Å². The smallest absolute Gasteiger partial charge is 0.239 e. The molecule has 1 aromatic rings. The Kier molecular flexibility index (Phi) is 4.82. The standard InChI is InChI=1S/C13H22ClN5/c1-8(2)9-5-3-4-6-11(9)17-12-10(14)7-16-13(18-12)19-15/h7-9,11H,3-6,15H2,1-2H3,(H2,16,17,18,19). The molecule has 1 saturated carbocycles. The lowest BCUT2D eigenvalue weighted by Crippen LogP contribution is -2.35. The number of nitrogen functional groups attached to an aromatic ring is 1. The molecule has 0 radical (unpaired) electrons. The molecule has 0 bridgehead atoms. The summed E-state index contributed by atoms with van der Waals surface area (Å²) in [7, 11) is 0. The van der Waals surface area contributed by atoms with Crippen LogP contribution in [-0.2, 0) is 0 Å². The first-order valence-corrected chi connectivity index (χ1v) is 7.25. The number of nitrogens with one attached hydrogen (secondary N) is 2. The van der Waals surface area contributed by atoms with Crippen molar-refractivity contribution in [2.45, 2.75) is 45.6 Å². The minimum absolute atomic E-state index is 0.379. The van der Waals surface area contributed by atoms with E-state index in [9.17, 15) is 0 Å². The molecule has 1 heterocycles. The molecule has 1 fully saturated rings. The highest BCUT2D eigenvalue weighted by atomic mass is 35.5. The van der Waals surface area contributed by atoms with Crippen molar-refractivity contribution in [3.63, 3.8) is 0 Å². The molecule has 1 aromatic heterocycles. The minimum Gasteiger partial charge on any atom is -0.366 e. The fourth-order valence-electron chi connectivity index (χ4n) is 2.85. The quantitative estimate of drug-likeness (QED) is 0.585. The van der Waals surface area contributed by atoms with E-state index in [1.807, 2.05) is 0 Å². The number of anilines is 2. The number of halogens is 1. The number of hydrogen-bond acceptors (Lipinski definition) is 5. The van der Waals surface area contributed by atoms with E-state index in [0.717, 1.165) is 6.42 Å². The summed E-state index contributed by atoms with van der Waals surface area (Å²) < 4.78 is 0. The Morgan fingerprint density at radius 1 is 1.37 bits per heavy atom. The Labute approximate surface area is 119 Å². The molecule has 19 heavy (non-hydrogen) atoms. The molecule has 0 amide bonds. The number of hydrazine groups is 1. The maximum atomic E-state index is 6.14. The largest absolute Gasteiger partial charge is 0.366 e. The van der Waals surface area contributed by atoms with Crippen LogP contribution < -0.4 is 16.6 Å². The Balaban J connectivity index is 2.14. The molecule has 0 aliphatic heterocycles. The third-order valence-corrected chi connectivity index (χ3v) is 4.15. The summed E-state index contributed by atoms with van der Waals surface area (Å²) in [5.74, 6) is 7.70. The van der Waals surface area contributed by atoms with Gasteiger partial charge < -0.3 is 5.32 Å². The van der Waals surface area contributed by atoms with E-state index in [1.54, 1.807) is 6.20 Å². The van der Waals surface area contributed by atoms with E-state index in [0.29, 0.717) is 34.7 Å². The van der Waals surface area contributed by atoms with Gasteiger partial charge in [-0.05, 0) is 24.7 Å². The molecule has 0 saturated heterocycles. The van der Waals surface area contributed by atoms with Gasteiger partial charge in [-0.3, -0.25) is 5.43 Å². The number of nitrogens with zero attached hydrogens (tertiary/aromatic N) is 2. The summed E-state index contributed by atoms with van der Waals surface area (Å²) in [6.45, 7) is 4.55. The van der Waals surface area contributed by atoms with Crippen LogP contribution in [0.15, 0.2) is 6.20 Å². The van der Waals surface area contributed by atoms with Gasteiger partial charge in [0.2, 0.25) is 5.95 Å². The lowest BCUT2D eigenvalue weighted by atomic mass is 9.78. The van der Waals surface area contributed by atoms with Crippen molar-refractivity contribution in [3.8, 4) is 0 Å². The fourth-order valence-corrected chi connectivity index (χ4v) is 3.00. The zero-order chi connectivity index (χ0) is 13.8. The van der Waals surface area contributed by atoms with Gasteiger partial charge in [-0.15, -0.1) is 0 Å². The van der Waals surface area contributed by atoms with E-state index >= 15 is 0 Å². The zero-order valence-corrected chi connectivity index (χ0v) is 12.2. The van der Waals surface area contributed by atoms with Gasteiger partial charge in [-0.1, -0.05) is 38.3 Å². The second-order valence-corrected chi connectivity index (χ2v) is 5.88. The normalized spacial score (nSPS) is 23.4. The molecular formula is C13H22ClN5. The maximum Gasteiger partial charge on any atom is 0.239 e. The summed E-state index contributed by atoms with van der Waals surface area (Å²) >= 11 is 6.14. The van der Waals surface area contributed by atoms with Crippen molar-refractivity contribution in [3.05, 3.63) is 11.2 Å². The van der Waals surface area contributed by atoms with Crippen molar-refractivity contribution in [2.24, 2.45) is 17.7 Å². The average molecular weight is 284 g/mol. The molecule has 4 N–H and O–H groups in total. The summed E-state index contributed by atoms with van der Waals surface area (Å²) in [6, 6.07) is 0.423. The lowest BCUT2D eigenvalue weighted by Gasteiger charge is -2.35. The van der Waals surface area contributed by atoms with Crippen LogP contribution in [0.2, 0.25) is 5.02 Å². The molecule has 2 rings (SSSR count). The van der Waals surface area contributed by atoms with Crippen LogP contribution in [0, 0.1) is 11.8 Å². The van der Waals surface area contributed by atoms with Crippen LogP contribution in [0.1, 0.15) is 39.5 Å². The van der Waals surface area contributed by atoms with Crippen molar-refractivity contribution in [1.82, 2.24) is 9.97 Å². The van der Waals surface area contributed by atoms with Gasteiger partial charge in [0.05, 0.1) is 6.20 Å². The van der Waals surface area contributed by atoms with Gasteiger partial charge in [0.25, 0.3) is 0 Å². The number of hydrogen-bond donors (Lipinski definition) is 3. The van der Waals surface area contributed by atoms with Gasteiger partial charge in [0, 0.05) is 6.04 Å². The van der Waals surface area contributed by atoms with E-state index < -0.39 is 0 Å². The molecule has 2 unspecified atom stereocenters.